The Balaban J connectivity index is 1.87. The van der Waals surface area contributed by atoms with Crippen LogP contribution in [0.25, 0.3) is 0 Å². The van der Waals surface area contributed by atoms with Crippen molar-refractivity contribution in [2.75, 3.05) is 7.11 Å². The number of Topliss-reactive ketones (excluding diaryl/α,β-unsaturated/α-hetero) is 1. The highest BCUT2D eigenvalue weighted by Crippen LogP contribution is 2.69. The van der Waals surface area contributed by atoms with Crippen LogP contribution in [0.2, 0.25) is 0 Å². The molecule has 1 saturated heterocycles. The summed E-state index contributed by atoms with van der Waals surface area (Å²) in [4.78, 5) is 67.4. The molecule has 2 heterocycles. The first kappa shape index (κ1) is 33.6. The Morgan fingerprint density at radius 1 is 1.11 bits per heavy atom. The van der Waals surface area contributed by atoms with E-state index in [0.29, 0.717) is 12.0 Å². The van der Waals surface area contributed by atoms with Gasteiger partial charge in [-0.25, -0.2) is 9.59 Å². The van der Waals surface area contributed by atoms with Gasteiger partial charge in [-0.15, -0.1) is 0 Å². The Bertz CT molecular complexity index is 1530. The number of aliphatic hydroxyl groups is 2. The molecule has 12 nitrogen and oxygen atoms in total. The van der Waals surface area contributed by atoms with Crippen molar-refractivity contribution in [3.63, 3.8) is 0 Å². The number of carbonyl (C=O) groups is 5. The van der Waals surface area contributed by atoms with Gasteiger partial charge in [0.1, 0.15) is 12.2 Å². The van der Waals surface area contributed by atoms with Gasteiger partial charge in [0, 0.05) is 40.7 Å². The van der Waals surface area contributed by atoms with Crippen molar-refractivity contribution in [2.24, 2.45) is 28.1 Å². The standard InChI is InChI=1S/C34H42O12/c1-9-16(2)27(38)46-30-31(4,5)20(14-21(36)42-8)33(7)19-10-12-32(6)23(22(19)26(44-17(3)35)34(30,41)29(33)40)24(37)28(39)45-25(32)18-11-13-43-15-18/h9,11,13,15,19-20,24-26,30,37,41H,10,12,14H2,1-8H3. The zero-order valence-electron chi connectivity index (χ0n) is 27.4. The quantitative estimate of drug-likeness (QED) is 0.201. The van der Waals surface area contributed by atoms with Crippen molar-refractivity contribution < 1.29 is 57.6 Å². The van der Waals surface area contributed by atoms with Crippen LogP contribution in [-0.2, 0) is 42.9 Å². The molecule has 0 radical (unpaired) electrons. The fourth-order valence-electron chi connectivity index (χ4n) is 8.96. The van der Waals surface area contributed by atoms with Crippen molar-refractivity contribution in [1.82, 2.24) is 0 Å². The molecule has 5 rings (SSSR count). The zero-order valence-corrected chi connectivity index (χ0v) is 27.4. The van der Waals surface area contributed by atoms with E-state index in [0.717, 1.165) is 6.92 Å². The number of fused-ring (bicyclic) bond motifs is 5. The molecule has 0 aromatic carbocycles. The summed E-state index contributed by atoms with van der Waals surface area (Å²) in [5.41, 5.74) is -5.51. The average molecular weight is 643 g/mol. The number of ketones is 1. The first-order chi connectivity index (χ1) is 21.4. The Kier molecular flexibility index (Phi) is 8.17. The molecule has 2 N–H and O–H groups in total. The third kappa shape index (κ3) is 4.51. The maximum absolute atomic E-state index is 14.9. The summed E-state index contributed by atoms with van der Waals surface area (Å²) in [6.45, 7) is 11.1. The predicted octanol–water partition coefficient (Wildman–Crippen LogP) is 3.30. The second-order valence-electron chi connectivity index (χ2n) is 14.0. The molecule has 3 fully saturated rings. The Labute approximate surface area is 267 Å². The van der Waals surface area contributed by atoms with E-state index in [-0.39, 0.29) is 29.6 Å². The number of hydrogen-bond acceptors (Lipinski definition) is 12. The highest BCUT2D eigenvalue weighted by molar-refractivity contribution is 6.00. The van der Waals surface area contributed by atoms with Crippen LogP contribution in [0.15, 0.2) is 45.8 Å². The van der Waals surface area contributed by atoms with E-state index in [1.165, 1.54) is 32.6 Å². The minimum Gasteiger partial charge on any atom is -0.472 e. The lowest BCUT2D eigenvalue weighted by Gasteiger charge is -2.67. The first-order valence-electron chi connectivity index (χ1n) is 15.4. The molecular formula is C34H42O12. The smallest absolute Gasteiger partial charge is 0.339 e. The molecule has 0 amide bonds. The van der Waals surface area contributed by atoms with Gasteiger partial charge in [0.05, 0.1) is 19.6 Å². The minimum atomic E-state index is -2.68. The molecule has 9 unspecified atom stereocenters. The number of cyclic esters (lactones) is 1. The third-order valence-corrected chi connectivity index (χ3v) is 11.2. The molecule has 1 aromatic rings. The Morgan fingerprint density at radius 3 is 2.35 bits per heavy atom. The van der Waals surface area contributed by atoms with E-state index in [1.807, 2.05) is 0 Å². The second-order valence-corrected chi connectivity index (χ2v) is 14.0. The van der Waals surface area contributed by atoms with Crippen molar-refractivity contribution in [1.29, 1.82) is 0 Å². The maximum atomic E-state index is 14.9. The average Bonchev–Trinajstić information content (AvgIpc) is 3.54. The van der Waals surface area contributed by atoms with Crippen LogP contribution < -0.4 is 0 Å². The van der Waals surface area contributed by atoms with Gasteiger partial charge >= 0.3 is 23.9 Å². The van der Waals surface area contributed by atoms with Crippen LogP contribution in [-0.4, -0.2) is 70.9 Å². The van der Waals surface area contributed by atoms with E-state index >= 15 is 0 Å². The lowest BCUT2D eigenvalue weighted by Crippen LogP contribution is -2.80. The van der Waals surface area contributed by atoms with E-state index in [2.05, 4.69) is 0 Å². The molecule has 12 heteroatoms. The highest BCUT2D eigenvalue weighted by atomic mass is 16.6. The number of allylic oxidation sites excluding steroid dienone is 1. The number of ether oxygens (including phenoxy) is 4. The van der Waals surface area contributed by atoms with Crippen LogP contribution in [0.4, 0.5) is 0 Å². The fourth-order valence-corrected chi connectivity index (χ4v) is 8.96. The molecule has 2 saturated carbocycles. The number of carbonyl (C=O) groups excluding carboxylic acids is 5. The summed E-state index contributed by atoms with van der Waals surface area (Å²) in [5, 5.41) is 24.5. The second kappa shape index (κ2) is 11.2. The molecule has 9 atom stereocenters. The van der Waals surface area contributed by atoms with E-state index in [1.54, 1.807) is 40.7 Å². The summed E-state index contributed by atoms with van der Waals surface area (Å²) in [7, 11) is 1.22. The number of rotatable bonds is 6. The van der Waals surface area contributed by atoms with Gasteiger partial charge in [0.25, 0.3) is 0 Å². The van der Waals surface area contributed by atoms with Gasteiger partial charge < -0.3 is 33.6 Å². The predicted molar refractivity (Wildman–Crippen MR) is 158 cm³/mol. The van der Waals surface area contributed by atoms with Gasteiger partial charge in [-0.05, 0) is 55.7 Å². The van der Waals surface area contributed by atoms with Crippen LogP contribution in [0.1, 0.15) is 79.4 Å². The van der Waals surface area contributed by atoms with E-state index in [9.17, 15) is 34.2 Å². The third-order valence-electron chi connectivity index (χ3n) is 11.2. The molecule has 4 aliphatic rings. The number of furan rings is 1. The first-order valence-corrected chi connectivity index (χ1v) is 15.4. The Hall–Kier alpha value is -3.77. The van der Waals surface area contributed by atoms with Crippen molar-refractivity contribution in [3.05, 3.63) is 47.0 Å². The molecule has 0 spiro atoms. The monoisotopic (exact) mass is 642 g/mol. The zero-order chi connectivity index (χ0) is 34.1. The summed E-state index contributed by atoms with van der Waals surface area (Å²) in [5.74, 6) is -5.70. The molecule has 250 valence electrons. The molecule has 2 bridgehead atoms. The summed E-state index contributed by atoms with van der Waals surface area (Å²) in [6, 6.07) is 1.64. The minimum absolute atomic E-state index is 0.154. The molecule has 1 aromatic heterocycles. The summed E-state index contributed by atoms with van der Waals surface area (Å²) in [6.07, 6.45) is -1.45. The molecule has 1 aliphatic heterocycles. The number of hydrogen-bond donors (Lipinski definition) is 2. The SMILES string of the molecule is CC=C(C)C(=O)OC1C(C)(C)C(CC(=O)OC)C2(C)C(=O)C1(O)C(OC(C)=O)C1=C3C(O)C(=O)OC(c4ccoc4)C3(C)CCC12. The van der Waals surface area contributed by atoms with Gasteiger partial charge in [-0.2, -0.15) is 0 Å². The van der Waals surface area contributed by atoms with Crippen LogP contribution in [0.3, 0.4) is 0 Å². The molecular weight excluding hydrogens is 600 g/mol. The van der Waals surface area contributed by atoms with Gasteiger partial charge in [-0.1, -0.05) is 33.8 Å². The lowest BCUT2D eigenvalue weighted by atomic mass is 9.38. The van der Waals surface area contributed by atoms with Crippen LogP contribution in [0, 0.1) is 28.1 Å². The van der Waals surface area contributed by atoms with Crippen LogP contribution in [0.5, 0.6) is 0 Å². The largest absolute Gasteiger partial charge is 0.472 e. The van der Waals surface area contributed by atoms with Gasteiger partial charge in [-0.3, -0.25) is 14.4 Å². The number of esters is 4. The van der Waals surface area contributed by atoms with E-state index < -0.39 is 87.8 Å². The number of aliphatic hydroxyl groups excluding tert-OH is 1. The topological polar surface area (TPSA) is 176 Å². The Morgan fingerprint density at radius 2 is 1.78 bits per heavy atom. The maximum Gasteiger partial charge on any atom is 0.339 e. The molecule has 3 aliphatic carbocycles. The lowest BCUT2D eigenvalue weighted by molar-refractivity contribution is -0.257. The normalized spacial score (nSPS) is 38.3. The molecule has 46 heavy (non-hydrogen) atoms. The van der Waals surface area contributed by atoms with E-state index in [4.69, 9.17) is 23.4 Å². The number of methoxy groups -OCH3 is 1. The van der Waals surface area contributed by atoms with Crippen molar-refractivity contribution >= 4 is 29.7 Å². The van der Waals surface area contributed by atoms with Crippen LogP contribution >= 0.6 is 0 Å². The fraction of sp³-hybridized carbons (Fsp3) is 0.618. The van der Waals surface area contributed by atoms with Gasteiger partial charge in [0.2, 0.25) is 5.60 Å². The van der Waals surface area contributed by atoms with Crippen molar-refractivity contribution in [2.45, 2.75) is 97.7 Å². The highest BCUT2D eigenvalue weighted by Gasteiger charge is 2.78. The summed E-state index contributed by atoms with van der Waals surface area (Å²) < 4.78 is 27.9. The van der Waals surface area contributed by atoms with Gasteiger partial charge in [0.15, 0.2) is 18.0 Å². The van der Waals surface area contributed by atoms with Crippen molar-refractivity contribution in [3.8, 4) is 0 Å². The summed E-state index contributed by atoms with van der Waals surface area (Å²) >= 11 is 0.